The van der Waals surface area contributed by atoms with Crippen molar-refractivity contribution in [1.82, 2.24) is 4.83 Å². The van der Waals surface area contributed by atoms with Crippen LogP contribution in [0.15, 0.2) is 76.7 Å². The average molecular weight is 455 g/mol. The lowest BCUT2D eigenvalue weighted by molar-refractivity contribution is 0.0729. The van der Waals surface area contributed by atoms with Gasteiger partial charge in [-0.2, -0.15) is 13.5 Å². The van der Waals surface area contributed by atoms with Crippen LogP contribution in [0, 0.1) is 6.92 Å². The van der Waals surface area contributed by atoms with Gasteiger partial charge in [-0.25, -0.2) is 9.63 Å². The van der Waals surface area contributed by atoms with Crippen molar-refractivity contribution < 1.29 is 27.4 Å². The van der Waals surface area contributed by atoms with Crippen molar-refractivity contribution >= 4 is 22.2 Å². The summed E-state index contributed by atoms with van der Waals surface area (Å²) in [6.07, 6.45) is 1.30. The van der Waals surface area contributed by atoms with Gasteiger partial charge in [-0.3, -0.25) is 0 Å². The fraction of sp³-hybridized carbons (Fsp3) is 0.130. The molecule has 9 heteroatoms. The maximum absolute atomic E-state index is 12.5. The smallest absolute Gasteiger partial charge is 0.343 e. The van der Waals surface area contributed by atoms with Crippen molar-refractivity contribution in [2.75, 3.05) is 14.2 Å². The minimum Gasteiger partial charge on any atom is -0.497 e. The third-order valence-corrected chi connectivity index (χ3v) is 5.67. The lowest BCUT2D eigenvalue weighted by atomic mass is 10.2. The maximum Gasteiger partial charge on any atom is 0.343 e. The van der Waals surface area contributed by atoms with Gasteiger partial charge < -0.3 is 14.2 Å². The molecule has 0 aliphatic heterocycles. The fourth-order valence-corrected chi connectivity index (χ4v) is 3.47. The first kappa shape index (κ1) is 22.8. The first-order chi connectivity index (χ1) is 15.3. The summed E-state index contributed by atoms with van der Waals surface area (Å²) in [6, 6.07) is 17.6. The second-order valence-corrected chi connectivity index (χ2v) is 8.36. The third kappa shape index (κ3) is 5.64. The predicted molar refractivity (Wildman–Crippen MR) is 120 cm³/mol. The number of hydrogen-bond donors (Lipinski definition) is 1. The fourth-order valence-electron chi connectivity index (χ4n) is 2.68. The number of benzene rings is 3. The molecule has 0 aliphatic rings. The van der Waals surface area contributed by atoms with Crippen LogP contribution in [-0.2, 0) is 10.0 Å². The molecular formula is C23H22N2O6S. The average Bonchev–Trinajstić information content (AvgIpc) is 2.79. The topological polar surface area (TPSA) is 103 Å². The summed E-state index contributed by atoms with van der Waals surface area (Å²) in [6.45, 7) is 1.87. The summed E-state index contributed by atoms with van der Waals surface area (Å²) in [5, 5.41) is 3.81. The van der Waals surface area contributed by atoms with Crippen molar-refractivity contribution in [3.05, 3.63) is 83.4 Å². The van der Waals surface area contributed by atoms with E-state index < -0.39 is 16.0 Å². The second-order valence-electron chi connectivity index (χ2n) is 6.69. The SMILES string of the molecule is COc1ccc(C(=O)Oc2cc(/C=N\NS(=O)(=O)c3ccc(C)cc3)ccc2OC)cc1. The Morgan fingerprint density at radius 1 is 0.906 bits per heavy atom. The molecule has 32 heavy (non-hydrogen) atoms. The van der Waals surface area contributed by atoms with Gasteiger partial charge in [-0.05, 0) is 67.1 Å². The molecule has 0 atom stereocenters. The molecule has 166 valence electrons. The largest absolute Gasteiger partial charge is 0.497 e. The molecule has 0 unspecified atom stereocenters. The minimum absolute atomic E-state index is 0.101. The van der Waals surface area contributed by atoms with Crippen LogP contribution in [0.3, 0.4) is 0 Å². The van der Waals surface area contributed by atoms with E-state index in [1.54, 1.807) is 48.5 Å². The molecule has 0 saturated carbocycles. The number of aryl methyl sites for hydroxylation is 1. The summed E-state index contributed by atoms with van der Waals surface area (Å²) in [5.41, 5.74) is 1.77. The van der Waals surface area contributed by atoms with E-state index in [1.165, 1.54) is 38.6 Å². The van der Waals surface area contributed by atoms with Crippen molar-refractivity contribution in [2.45, 2.75) is 11.8 Å². The molecule has 3 aromatic rings. The van der Waals surface area contributed by atoms with Gasteiger partial charge in [0.15, 0.2) is 11.5 Å². The number of ether oxygens (including phenoxy) is 3. The quantitative estimate of drug-likeness (QED) is 0.242. The molecule has 0 aromatic heterocycles. The van der Waals surface area contributed by atoms with Crippen molar-refractivity contribution in [2.24, 2.45) is 5.10 Å². The number of nitrogens with zero attached hydrogens (tertiary/aromatic N) is 1. The number of carbonyl (C=O) groups excluding carboxylic acids is 1. The standard InChI is InChI=1S/C23H22N2O6S/c1-16-4-11-20(12-5-16)32(27,28)25-24-15-17-6-13-21(30-3)22(14-17)31-23(26)18-7-9-19(29-2)10-8-18/h4-15,25H,1-3H3/b24-15-. The number of rotatable bonds is 8. The molecule has 1 N–H and O–H groups in total. The molecule has 8 nitrogen and oxygen atoms in total. The molecule has 0 spiro atoms. The maximum atomic E-state index is 12.5. The van der Waals surface area contributed by atoms with E-state index in [1.807, 2.05) is 6.92 Å². The van der Waals surface area contributed by atoms with E-state index in [-0.39, 0.29) is 10.6 Å². The van der Waals surface area contributed by atoms with Gasteiger partial charge in [-0.15, -0.1) is 0 Å². The highest BCUT2D eigenvalue weighted by Crippen LogP contribution is 2.28. The van der Waals surface area contributed by atoms with Gasteiger partial charge >= 0.3 is 5.97 Å². The second kappa shape index (κ2) is 9.97. The summed E-state index contributed by atoms with van der Waals surface area (Å²) in [5.74, 6) is 0.536. The van der Waals surface area contributed by atoms with Gasteiger partial charge in [0.1, 0.15) is 5.75 Å². The summed E-state index contributed by atoms with van der Waals surface area (Å²) >= 11 is 0. The van der Waals surface area contributed by atoms with Gasteiger partial charge in [0.05, 0.1) is 30.9 Å². The number of sulfonamides is 1. The van der Waals surface area contributed by atoms with Crippen LogP contribution in [-0.4, -0.2) is 34.8 Å². The van der Waals surface area contributed by atoms with Crippen LogP contribution >= 0.6 is 0 Å². The minimum atomic E-state index is -3.80. The lowest BCUT2D eigenvalue weighted by Crippen LogP contribution is -2.18. The van der Waals surface area contributed by atoms with Crippen molar-refractivity contribution in [3.63, 3.8) is 0 Å². The Labute approximate surface area is 186 Å². The van der Waals surface area contributed by atoms with E-state index in [4.69, 9.17) is 14.2 Å². The Kier molecular flexibility index (Phi) is 7.11. The number of carbonyl (C=O) groups is 1. The number of nitrogens with one attached hydrogen (secondary N) is 1. The Balaban J connectivity index is 1.75. The summed E-state index contributed by atoms with van der Waals surface area (Å²) in [4.78, 5) is 14.7. The van der Waals surface area contributed by atoms with Crippen LogP contribution in [0.25, 0.3) is 0 Å². The van der Waals surface area contributed by atoms with Gasteiger partial charge in [0.25, 0.3) is 10.0 Å². The molecule has 3 aromatic carbocycles. The Morgan fingerprint density at radius 2 is 1.59 bits per heavy atom. The molecule has 0 aliphatic carbocycles. The van der Waals surface area contributed by atoms with E-state index in [2.05, 4.69) is 9.93 Å². The Bertz CT molecular complexity index is 1220. The summed E-state index contributed by atoms with van der Waals surface area (Å²) < 4.78 is 40.4. The molecule has 3 rings (SSSR count). The molecule has 0 amide bonds. The van der Waals surface area contributed by atoms with Gasteiger partial charge in [-0.1, -0.05) is 17.7 Å². The van der Waals surface area contributed by atoms with E-state index >= 15 is 0 Å². The van der Waals surface area contributed by atoms with Crippen LogP contribution in [0.2, 0.25) is 0 Å². The molecule has 0 bridgehead atoms. The normalized spacial score (nSPS) is 11.2. The van der Waals surface area contributed by atoms with Crippen molar-refractivity contribution in [3.8, 4) is 17.2 Å². The predicted octanol–water partition coefficient (Wildman–Crippen LogP) is 3.54. The zero-order valence-corrected chi connectivity index (χ0v) is 18.5. The Hall–Kier alpha value is -3.85. The Morgan fingerprint density at radius 3 is 2.22 bits per heavy atom. The van der Waals surface area contributed by atoms with Crippen LogP contribution in [0.4, 0.5) is 0 Å². The number of hydrogen-bond acceptors (Lipinski definition) is 7. The third-order valence-electron chi connectivity index (χ3n) is 4.43. The van der Waals surface area contributed by atoms with Gasteiger partial charge in [0.2, 0.25) is 0 Å². The molecule has 0 radical (unpaired) electrons. The zero-order valence-electron chi connectivity index (χ0n) is 17.7. The van der Waals surface area contributed by atoms with E-state index in [0.717, 1.165) is 5.56 Å². The lowest BCUT2D eigenvalue weighted by Gasteiger charge is -2.10. The number of hydrazone groups is 1. The van der Waals surface area contributed by atoms with E-state index in [9.17, 15) is 13.2 Å². The highest BCUT2D eigenvalue weighted by atomic mass is 32.2. The number of esters is 1. The molecule has 0 fully saturated rings. The number of methoxy groups -OCH3 is 2. The first-order valence-electron chi connectivity index (χ1n) is 9.48. The highest BCUT2D eigenvalue weighted by Gasteiger charge is 2.14. The first-order valence-corrected chi connectivity index (χ1v) is 11.0. The summed E-state index contributed by atoms with van der Waals surface area (Å²) in [7, 11) is -0.817. The molecule has 0 saturated heterocycles. The zero-order chi connectivity index (χ0) is 23.1. The van der Waals surface area contributed by atoms with E-state index in [0.29, 0.717) is 22.6 Å². The van der Waals surface area contributed by atoms with Crippen molar-refractivity contribution in [1.29, 1.82) is 0 Å². The molecule has 0 heterocycles. The highest BCUT2D eigenvalue weighted by molar-refractivity contribution is 7.89. The van der Waals surface area contributed by atoms with Gasteiger partial charge in [0, 0.05) is 0 Å². The van der Waals surface area contributed by atoms with Crippen LogP contribution < -0.4 is 19.0 Å². The van der Waals surface area contributed by atoms with Crippen LogP contribution in [0.5, 0.6) is 17.2 Å². The molecular weight excluding hydrogens is 432 g/mol. The monoisotopic (exact) mass is 454 g/mol. The van der Waals surface area contributed by atoms with Crippen LogP contribution in [0.1, 0.15) is 21.5 Å².